The monoisotopic (exact) mass is 276 g/mol. The Balaban J connectivity index is 2.00. The van der Waals surface area contributed by atoms with E-state index in [1.54, 1.807) is 38.4 Å². The third-order valence-electron chi connectivity index (χ3n) is 3.33. The van der Waals surface area contributed by atoms with E-state index in [-0.39, 0.29) is 18.1 Å². The summed E-state index contributed by atoms with van der Waals surface area (Å²) in [7, 11) is 3.32. The molecule has 1 N–H and O–H groups in total. The lowest BCUT2D eigenvalue weighted by molar-refractivity contribution is 0.0294. The summed E-state index contributed by atoms with van der Waals surface area (Å²) in [5, 5.41) is 2.70. The number of carbonyl (C=O) groups is 2. The van der Waals surface area contributed by atoms with E-state index in [4.69, 9.17) is 4.74 Å². The van der Waals surface area contributed by atoms with E-state index in [0.29, 0.717) is 17.2 Å². The summed E-state index contributed by atoms with van der Waals surface area (Å²) in [5.74, 6) is 0.168. The molecule has 1 fully saturated rings. The lowest BCUT2D eigenvalue weighted by atomic mass is 10.2. The predicted molar refractivity (Wildman–Crippen MR) is 76.7 cm³/mol. The van der Waals surface area contributed by atoms with Crippen molar-refractivity contribution in [2.24, 2.45) is 5.92 Å². The summed E-state index contributed by atoms with van der Waals surface area (Å²) in [6.45, 7) is 1.92. The van der Waals surface area contributed by atoms with E-state index in [2.05, 4.69) is 5.32 Å². The zero-order chi connectivity index (χ0) is 14.7. The van der Waals surface area contributed by atoms with E-state index >= 15 is 0 Å². The van der Waals surface area contributed by atoms with Gasteiger partial charge in [-0.1, -0.05) is 6.07 Å². The van der Waals surface area contributed by atoms with Gasteiger partial charge in [0.15, 0.2) is 0 Å². The molecule has 2 rings (SSSR count). The molecule has 108 valence electrons. The number of rotatable bonds is 4. The number of ether oxygens (including phenoxy) is 1. The third kappa shape index (κ3) is 3.73. The fourth-order valence-electron chi connectivity index (χ4n) is 1.86. The van der Waals surface area contributed by atoms with Gasteiger partial charge in [-0.15, -0.1) is 0 Å². The van der Waals surface area contributed by atoms with Gasteiger partial charge in [-0.05, 0) is 43.9 Å². The van der Waals surface area contributed by atoms with Gasteiger partial charge in [0.05, 0.1) is 5.56 Å². The maximum atomic E-state index is 12.0. The summed E-state index contributed by atoms with van der Waals surface area (Å²) in [5.41, 5.74) is 1.03. The minimum Gasteiger partial charge on any atom is -0.459 e. The second-order valence-corrected chi connectivity index (χ2v) is 5.35. The van der Waals surface area contributed by atoms with Crippen molar-refractivity contribution < 1.29 is 14.3 Å². The number of nitrogens with one attached hydrogen (secondary N) is 1. The van der Waals surface area contributed by atoms with Gasteiger partial charge in [-0.3, -0.25) is 0 Å². The molecular formula is C15H20N2O3. The molecule has 1 atom stereocenters. The number of benzene rings is 1. The van der Waals surface area contributed by atoms with Crippen LogP contribution in [0, 0.1) is 5.92 Å². The molecule has 0 unspecified atom stereocenters. The molecule has 0 heterocycles. The van der Waals surface area contributed by atoms with Crippen LogP contribution in [0.5, 0.6) is 0 Å². The van der Waals surface area contributed by atoms with Crippen LogP contribution in [0.2, 0.25) is 0 Å². The molecule has 2 amide bonds. The van der Waals surface area contributed by atoms with Crippen molar-refractivity contribution in [1.29, 1.82) is 0 Å². The average molecular weight is 276 g/mol. The van der Waals surface area contributed by atoms with Gasteiger partial charge in [0.2, 0.25) is 0 Å². The highest BCUT2D eigenvalue weighted by Crippen LogP contribution is 2.34. The number of nitrogens with zero attached hydrogens (tertiary/aromatic N) is 1. The van der Waals surface area contributed by atoms with Gasteiger partial charge in [0.1, 0.15) is 6.10 Å². The summed E-state index contributed by atoms with van der Waals surface area (Å²) in [4.78, 5) is 25.0. The Morgan fingerprint density at radius 2 is 2.05 bits per heavy atom. The average Bonchev–Trinajstić information content (AvgIpc) is 3.23. The molecular weight excluding hydrogens is 256 g/mol. The van der Waals surface area contributed by atoms with Crippen LogP contribution in [0.25, 0.3) is 0 Å². The van der Waals surface area contributed by atoms with E-state index in [1.807, 2.05) is 6.92 Å². The molecule has 0 aromatic heterocycles. The zero-order valence-corrected chi connectivity index (χ0v) is 12.1. The second-order valence-electron chi connectivity index (χ2n) is 5.35. The Labute approximate surface area is 118 Å². The van der Waals surface area contributed by atoms with Crippen molar-refractivity contribution in [1.82, 2.24) is 4.90 Å². The van der Waals surface area contributed by atoms with Crippen LogP contribution in [0.15, 0.2) is 24.3 Å². The highest BCUT2D eigenvalue weighted by molar-refractivity contribution is 5.93. The molecule has 20 heavy (non-hydrogen) atoms. The highest BCUT2D eigenvalue weighted by atomic mass is 16.5. The number of carbonyl (C=O) groups excluding carboxylic acids is 2. The van der Waals surface area contributed by atoms with E-state index in [1.165, 1.54) is 4.90 Å². The molecule has 1 aromatic rings. The van der Waals surface area contributed by atoms with E-state index in [9.17, 15) is 9.59 Å². The molecule has 1 aliphatic rings. The van der Waals surface area contributed by atoms with Gasteiger partial charge in [-0.2, -0.15) is 0 Å². The first-order chi connectivity index (χ1) is 9.47. The Hall–Kier alpha value is -2.04. The molecule has 0 bridgehead atoms. The van der Waals surface area contributed by atoms with Crippen LogP contribution in [-0.2, 0) is 4.74 Å². The molecule has 0 aliphatic heterocycles. The highest BCUT2D eigenvalue weighted by Gasteiger charge is 2.30. The van der Waals surface area contributed by atoms with Gasteiger partial charge >= 0.3 is 12.0 Å². The lowest BCUT2D eigenvalue weighted by Gasteiger charge is -2.14. The van der Waals surface area contributed by atoms with Crippen molar-refractivity contribution in [2.45, 2.75) is 25.9 Å². The fraction of sp³-hybridized carbons (Fsp3) is 0.467. The van der Waals surface area contributed by atoms with Crippen LogP contribution in [-0.4, -0.2) is 37.1 Å². The number of amides is 2. The molecule has 1 aliphatic carbocycles. The van der Waals surface area contributed by atoms with Crippen molar-refractivity contribution in [3.8, 4) is 0 Å². The summed E-state index contributed by atoms with van der Waals surface area (Å²) >= 11 is 0. The topological polar surface area (TPSA) is 58.6 Å². The lowest BCUT2D eigenvalue weighted by Crippen LogP contribution is -2.27. The maximum absolute atomic E-state index is 12.0. The molecule has 0 radical (unpaired) electrons. The van der Waals surface area contributed by atoms with E-state index in [0.717, 1.165) is 12.8 Å². The van der Waals surface area contributed by atoms with Crippen molar-refractivity contribution in [3.05, 3.63) is 29.8 Å². The number of anilines is 1. The normalized spacial score (nSPS) is 15.3. The largest absolute Gasteiger partial charge is 0.459 e. The predicted octanol–water partition coefficient (Wildman–Crippen LogP) is 2.74. The van der Waals surface area contributed by atoms with Crippen molar-refractivity contribution >= 4 is 17.7 Å². The molecule has 1 aromatic carbocycles. The van der Waals surface area contributed by atoms with Crippen LogP contribution < -0.4 is 5.32 Å². The quantitative estimate of drug-likeness (QED) is 0.860. The molecule has 0 saturated heterocycles. The Kier molecular flexibility index (Phi) is 4.27. The molecule has 5 heteroatoms. The Morgan fingerprint density at radius 1 is 1.35 bits per heavy atom. The smallest absolute Gasteiger partial charge is 0.338 e. The van der Waals surface area contributed by atoms with Crippen LogP contribution >= 0.6 is 0 Å². The molecule has 0 spiro atoms. The zero-order valence-electron chi connectivity index (χ0n) is 12.1. The van der Waals surface area contributed by atoms with Crippen LogP contribution in [0.4, 0.5) is 10.5 Å². The summed E-state index contributed by atoms with van der Waals surface area (Å²) < 4.78 is 5.41. The molecule has 1 saturated carbocycles. The van der Waals surface area contributed by atoms with Gasteiger partial charge in [-0.25, -0.2) is 9.59 Å². The van der Waals surface area contributed by atoms with Crippen LogP contribution in [0.1, 0.15) is 30.1 Å². The number of urea groups is 1. The second kappa shape index (κ2) is 5.94. The minimum atomic E-state index is -0.342. The van der Waals surface area contributed by atoms with Crippen molar-refractivity contribution in [3.63, 3.8) is 0 Å². The number of hydrogen-bond acceptors (Lipinski definition) is 3. The number of hydrogen-bond donors (Lipinski definition) is 1. The number of esters is 1. The maximum Gasteiger partial charge on any atom is 0.338 e. The fourth-order valence-corrected chi connectivity index (χ4v) is 1.86. The third-order valence-corrected chi connectivity index (χ3v) is 3.33. The Bertz CT molecular complexity index is 510. The van der Waals surface area contributed by atoms with Crippen molar-refractivity contribution in [2.75, 3.05) is 19.4 Å². The van der Waals surface area contributed by atoms with Gasteiger partial charge in [0, 0.05) is 19.8 Å². The summed E-state index contributed by atoms with van der Waals surface area (Å²) in [6, 6.07) is 6.55. The first kappa shape index (κ1) is 14.4. The standard InChI is InChI=1S/C15H20N2O3/c1-10(11-7-8-11)20-14(18)12-5-4-6-13(9-12)16-15(19)17(2)3/h4-6,9-11H,7-8H2,1-3H3,(H,16,19)/t10-/m1/s1. The van der Waals surface area contributed by atoms with Crippen LogP contribution in [0.3, 0.4) is 0 Å². The first-order valence-corrected chi connectivity index (χ1v) is 6.76. The Morgan fingerprint density at radius 3 is 2.65 bits per heavy atom. The first-order valence-electron chi connectivity index (χ1n) is 6.76. The van der Waals surface area contributed by atoms with E-state index < -0.39 is 0 Å². The minimum absolute atomic E-state index is 0.0393. The SMILES string of the molecule is C[C@@H](OC(=O)c1cccc(NC(=O)N(C)C)c1)C1CC1. The van der Waals surface area contributed by atoms with Gasteiger partial charge in [0.25, 0.3) is 0 Å². The molecule has 5 nitrogen and oxygen atoms in total. The summed E-state index contributed by atoms with van der Waals surface area (Å²) in [6.07, 6.45) is 2.23. The van der Waals surface area contributed by atoms with Gasteiger partial charge < -0.3 is 15.0 Å².